The molecule has 0 aromatic carbocycles. The highest BCUT2D eigenvalue weighted by atomic mass is 16.5. The van der Waals surface area contributed by atoms with Crippen molar-refractivity contribution in [2.75, 3.05) is 53.7 Å². The van der Waals surface area contributed by atoms with Crippen LogP contribution in [0.4, 0.5) is 0 Å². The van der Waals surface area contributed by atoms with Gasteiger partial charge in [-0.2, -0.15) is 0 Å². The molecule has 1 fully saturated rings. The van der Waals surface area contributed by atoms with Crippen LogP contribution in [0.2, 0.25) is 0 Å². The van der Waals surface area contributed by atoms with Gasteiger partial charge >= 0.3 is 0 Å². The van der Waals surface area contributed by atoms with Crippen molar-refractivity contribution in [1.82, 2.24) is 10.2 Å². The standard InChI is InChI=1S/C14H28N2O4/c1-12(10-19-3)16(8-9-18-2)14(17)11-20-13-4-6-15-7-5-13/h12-13,15H,4-11H2,1-3H3. The van der Waals surface area contributed by atoms with Gasteiger partial charge in [-0.05, 0) is 32.9 Å². The van der Waals surface area contributed by atoms with E-state index < -0.39 is 0 Å². The lowest BCUT2D eigenvalue weighted by Gasteiger charge is -2.30. The van der Waals surface area contributed by atoms with Crippen LogP contribution < -0.4 is 5.32 Å². The summed E-state index contributed by atoms with van der Waals surface area (Å²) in [6, 6.07) is 0.0271. The van der Waals surface area contributed by atoms with E-state index in [9.17, 15) is 4.79 Å². The average Bonchev–Trinajstić information content (AvgIpc) is 2.47. The first kappa shape index (κ1) is 17.4. The average molecular weight is 288 g/mol. The van der Waals surface area contributed by atoms with E-state index in [1.165, 1.54) is 0 Å². The zero-order valence-electron chi connectivity index (χ0n) is 12.9. The molecule has 1 aliphatic heterocycles. The van der Waals surface area contributed by atoms with Gasteiger partial charge < -0.3 is 24.4 Å². The fraction of sp³-hybridized carbons (Fsp3) is 0.929. The van der Waals surface area contributed by atoms with Gasteiger partial charge in [0.05, 0.1) is 25.4 Å². The van der Waals surface area contributed by atoms with Crippen LogP contribution in [0.3, 0.4) is 0 Å². The minimum absolute atomic E-state index is 0.00475. The zero-order valence-corrected chi connectivity index (χ0v) is 12.9. The van der Waals surface area contributed by atoms with E-state index in [0.29, 0.717) is 19.8 Å². The number of nitrogens with one attached hydrogen (secondary N) is 1. The Morgan fingerprint density at radius 1 is 1.30 bits per heavy atom. The summed E-state index contributed by atoms with van der Waals surface area (Å²) in [4.78, 5) is 14.1. The third kappa shape index (κ3) is 6.17. The maximum Gasteiger partial charge on any atom is 0.248 e. The quantitative estimate of drug-likeness (QED) is 0.660. The van der Waals surface area contributed by atoms with Gasteiger partial charge in [-0.15, -0.1) is 0 Å². The summed E-state index contributed by atoms with van der Waals surface area (Å²) < 4.78 is 15.9. The number of hydrogen-bond donors (Lipinski definition) is 1. The van der Waals surface area contributed by atoms with Gasteiger partial charge in [0.15, 0.2) is 0 Å². The lowest BCUT2D eigenvalue weighted by Crippen LogP contribution is -2.45. The summed E-state index contributed by atoms with van der Waals surface area (Å²) in [5.74, 6) is 0.00475. The molecule has 1 amide bonds. The summed E-state index contributed by atoms with van der Waals surface area (Å²) in [6.07, 6.45) is 2.14. The molecule has 0 saturated carbocycles. The van der Waals surface area contributed by atoms with Crippen molar-refractivity contribution in [1.29, 1.82) is 0 Å². The predicted octanol–water partition coefficient (Wildman–Crippen LogP) is 0.265. The van der Waals surface area contributed by atoms with Gasteiger partial charge in [0.2, 0.25) is 5.91 Å². The predicted molar refractivity (Wildman–Crippen MR) is 76.8 cm³/mol. The SMILES string of the molecule is COCCN(C(=O)COC1CCNCC1)C(C)COC. The van der Waals surface area contributed by atoms with Crippen LogP contribution in [0.5, 0.6) is 0 Å². The van der Waals surface area contributed by atoms with Crippen molar-refractivity contribution >= 4 is 5.91 Å². The first-order valence-electron chi connectivity index (χ1n) is 7.28. The normalized spacial score (nSPS) is 17.9. The van der Waals surface area contributed by atoms with Crippen LogP contribution in [-0.4, -0.2) is 76.6 Å². The second-order valence-corrected chi connectivity index (χ2v) is 5.14. The molecule has 1 aliphatic rings. The van der Waals surface area contributed by atoms with Gasteiger partial charge in [0.25, 0.3) is 0 Å². The van der Waals surface area contributed by atoms with E-state index in [-0.39, 0.29) is 24.7 Å². The molecule has 1 heterocycles. The molecule has 118 valence electrons. The molecule has 20 heavy (non-hydrogen) atoms. The summed E-state index contributed by atoms with van der Waals surface area (Å²) in [5, 5.41) is 3.28. The van der Waals surface area contributed by atoms with Crippen LogP contribution in [0.1, 0.15) is 19.8 Å². The van der Waals surface area contributed by atoms with Crippen LogP contribution >= 0.6 is 0 Å². The zero-order chi connectivity index (χ0) is 14.8. The van der Waals surface area contributed by atoms with Crippen LogP contribution in [0.15, 0.2) is 0 Å². The fourth-order valence-corrected chi connectivity index (χ4v) is 2.35. The smallest absolute Gasteiger partial charge is 0.248 e. The van der Waals surface area contributed by atoms with E-state index in [2.05, 4.69) is 5.32 Å². The summed E-state index contributed by atoms with van der Waals surface area (Å²) in [5.41, 5.74) is 0. The number of rotatable bonds is 9. The van der Waals surface area contributed by atoms with Gasteiger partial charge in [-0.25, -0.2) is 0 Å². The molecule has 0 aromatic rings. The lowest BCUT2D eigenvalue weighted by molar-refractivity contribution is -0.142. The number of piperidine rings is 1. The second kappa shape index (κ2) is 10.1. The molecular weight excluding hydrogens is 260 g/mol. The molecule has 1 saturated heterocycles. The molecule has 0 spiro atoms. The third-order valence-corrected chi connectivity index (χ3v) is 3.53. The van der Waals surface area contributed by atoms with E-state index in [4.69, 9.17) is 14.2 Å². The number of carbonyl (C=O) groups is 1. The minimum atomic E-state index is 0.00475. The van der Waals surface area contributed by atoms with E-state index in [1.54, 1.807) is 19.1 Å². The molecule has 1 unspecified atom stereocenters. The molecule has 6 nitrogen and oxygen atoms in total. The maximum absolute atomic E-state index is 12.3. The van der Waals surface area contributed by atoms with Crippen molar-refractivity contribution < 1.29 is 19.0 Å². The fourth-order valence-electron chi connectivity index (χ4n) is 2.35. The first-order chi connectivity index (χ1) is 9.69. The van der Waals surface area contributed by atoms with Crippen molar-refractivity contribution in [2.24, 2.45) is 0 Å². The van der Waals surface area contributed by atoms with Crippen LogP contribution in [-0.2, 0) is 19.0 Å². The minimum Gasteiger partial charge on any atom is -0.383 e. The Hall–Kier alpha value is -0.690. The number of hydrogen-bond acceptors (Lipinski definition) is 5. The lowest BCUT2D eigenvalue weighted by atomic mass is 10.1. The van der Waals surface area contributed by atoms with Crippen molar-refractivity contribution in [3.8, 4) is 0 Å². The van der Waals surface area contributed by atoms with Crippen LogP contribution in [0.25, 0.3) is 0 Å². The number of ether oxygens (including phenoxy) is 3. The number of carbonyl (C=O) groups excluding carboxylic acids is 1. The first-order valence-corrected chi connectivity index (χ1v) is 7.28. The molecule has 1 rings (SSSR count). The molecule has 0 radical (unpaired) electrons. The second-order valence-electron chi connectivity index (χ2n) is 5.14. The number of methoxy groups -OCH3 is 2. The Kier molecular flexibility index (Phi) is 8.77. The molecule has 0 aliphatic carbocycles. The monoisotopic (exact) mass is 288 g/mol. The molecule has 1 atom stereocenters. The Labute approximate surface area is 121 Å². The van der Waals surface area contributed by atoms with Crippen LogP contribution in [0, 0.1) is 0 Å². The highest BCUT2D eigenvalue weighted by Crippen LogP contribution is 2.08. The van der Waals surface area contributed by atoms with Gasteiger partial charge in [0, 0.05) is 20.8 Å². The van der Waals surface area contributed by atoms with Crippen molar-refractivity contribution in [3.63, 3.8) is 0 Å². The van der Waals surface area contributed by atoms with Gasteiger partial charge in [0.1, 0.15) is 6.61 Å². The third-order valence-electron chi connectivity index (χ3n) is 3.53. The van der Waals surface area contributed by atoms with E-state index >= 15 is 0 Å². The Balaban J connectivity index is 2.40. The molecular formula is C14H28N2O4. The summed E-state index contributed by atoms with van der Waals surface area (Å²) in [6.45, 7) is 5.65. The molecule has 0 bridgehead atoms. The topological polar surface area (TPSA) is 60.0 Å². The van der Waals surface area contributed by atoms with E-state index in [0.717, 1.165) is 25.9 Å². The van der Waals surface area contributed by atoms with Crippen molar-refractivity contribution in [2.45, 2.75) is 31.9 Å². The molecule has 6 heteroatoms. The summed E-state index contributed by atoms with van der Waals surface area (Å²) in [7, 11) is 3.27. The Bertz CT molecular complexity index is 270. The van der Waals surface area contributed by atoms with Gasteiger partial charge in [-0.3, -0.25) is 4.79 Å². The number of amides is 1. The number of nitrogens with zero attached hydrogens (tertiary/aromatic N) is 1. The highest BCUT2D eigenvalue weighted by Gasteiger charge is 2.22. The molecule has 0 aromatic heterocycles. The largest absolute Gasteiger partial charge is 0.383 e. The molecule has 1 N–H and O–H groups in total. The maximum atomic E-state index is 12.3. The van der Waals surface area contributed by atoms with E-state index in [1.807, 2.05) is 6.92 Å². The highest BCUT2D eigenvalue weighted by molar-refractivity contribution is 5.77. The Morgan fingerprint density at radius 3 is 2.60 bits per heavy atom. The van der Waals surface area contributed by atoms with Gasteiger partial charge in [-0.1, -0.05) is 0 Å². The Morgan fingerprint density at radius 2 is 2.00 bits per heavy atom. The summed E-state index contributed by atoms with van der Waals surface area (Å²) >= 11 is 0. The van der Waals surface area contributed by atoms with Crippen molar-refractivity contribution in [3.05, 3.63) is 0 Å².